The highest BCUT2D eigenvalue weighted by Gasteiger charge is 2.27. The maximum Gasteiger partial charge on any atom is 0.237 e. The van der Waals surface area contributed by atoms with Gasteiger partial charge in [-0.1, -0.05) is 42.5 Å². The second-order valence-electron chi connectivity index (χ2n) is 4.10. The molecule has 4 nitrogen and oxygen atoms in total. The Balaban J connectivity index is 2.31. The van der Waals surface area contributed by atoms with Crippen molar-refractivity contribution >= 4 is 10.0 Å². The number of hydrogen-bond donors (Lipinski definition) is 2. The zero-order valence-electron chi connectivity index (χ0n) is 9.21. The van der Waals surface area contributed by atoms with Crippen molar-refractivity contribution in [2.75, 3.05) is 0 Å². The summed E-state index contributed by atoms with van der Waals surface area (Å²) in [7, 11) is -3.64. The number of primary sulfonamides is 1. The third kappa shape index (κ3) is 2.46. The maximum absolute atomic E-state index is 11.2. The van der Waals surface area contributed by atoms with E-state index in [1.54, 1.807) is 12.2 Å². The summed E-state index contributed by atoms with van der Waals surface area (Å²) in [5.41, 5.74) is 6.51. The highest BCUT2D eigenvalue weighted by Crippen LogP contribution is 2.29. The lowest BCUT2D eigenvalue weighted by atomic mass is 9.85. The van der Waals surface area contributed by atoms with E-state index in [9.17, 15) is 8.42 Å². The summed E-state index contributed by atoms with van der Waals surface area (Å²) in [5.74, 6) is 0. The van der Waals surface area contributed by atoms with Crippen LogP contribution in [0.25, 0.3) is 0 Å². The van der Waals surface area contributed by atoms with Gasteiger partial charge in [-0.15, -0.1) is 0 Å². The van der Waals surface area contributed by atoms with Crippen molar-refractivity contribution in [3.8, 4) is 0 Å². The minimum absolute atomic E-state index is 0.120. The molecule has 5 heteroatoms. The number of benzene rings is 1. The number of allylic oxidation sites excluding steroid dienone is 1. The van der Waals surface area contributed by atoms with E-state index in [0.717, 1.165) is 5.56 Å². The molecule has 0 saturated carbocycles. The highest BCUT2D eigenvalue weighted by atomic mass is 32.2. The summed E-state index contributed by atoms with van der Waals surface area (Å²) in [6.07, 6.45) is 5.12. The van der Waals surface area contributed by atoms with Gasteiger partial charge < -0.3 is 5.73 Å². The monoisotopic (exact) mass is 250 g/mol. The Morgan fingerprint density at radius 2 is 1.82 bits per heavy atom. The van der Waals surface area contributed by atoms with Crippen LogP contribution in [0.2, 0.25) is 0 Å². The Bertz CT molecular complexity index is 576. The summed E-state index contributed by atoms with van der Waals surface area (Å²) in [4.78, 5) is 0.120. The minimum atomic E-state index is -3.64. The molecule has 1 aliphatic carbocycles. The van der Waals surface area contributed by atoms with Crippen LogP contribution in [-0.4, -0.2) is 8.42 Å². The molecule has 1 aromatic carbocycles. The predicted molar refractivity (Wildman–Crippen MR) is 67.3 cm³/mol. The standard InChI is InChI=1S/C12H14N2O2S/c13-12(10-4-2-1-3-5-10)8-6-11(7-9-12)17(14,15)16/h1-8H,9,13H2,(H2,14,15,16). The molecule has 1 unspecified atom stereocenters. The molecule has 1 aliphatic rings. The first-order valence-corrected chi connectivity index (χ1v) is 6.73. The fourth-order valence-electron chi connectivity index (χ4n) is 1.81. The molecule has 4 N–H and O–H groups in total. The molecule has 0 saturated heterocycles. The number of rotatable bonds is 2. The van der Waals surface area contributed by atoms with E-state index in [1.807, 2.05) is 30.3 Å². The van der Waals surface area contributed by atoms with Gasteiger partial charge in [0.15, 0.2) is 0 Å². The van der Waals surface area contributed by atoms with Gasteiger partial charge in [0.05, 0.1) is 10.4 Å². The van der Waals surface area contributed by atoms with E-state index in [0.29, 0.717) is 6.42 Å². The summed E-state index contributed by atoms with van der Waals surface area (Å²) >= 11 is 0. The molecular formula is C12H14N2O2S. The van der Waals surface area contributed by atoms with Crippen molar-refractivity contribution in [3.05, 3.63) is 59.0 Å². The van der Waals surface area contributed by atoms with E-state index >= 15 is 0 Å². The molecule has 0 heterocycles. The SMILES string of the molecule is NC1(c2ccccc2)C=CC(S(N)(=O)=O)=CC1. The molecule has 0 fully saturated rings. The number of sulfonamides is 1. The van der Waals surface area contributed by atoms with Crippen LogP contribution in [0.4, 0.5) is 0 Å². The first-order chi connectivity index (χ1) is 7.92. The van der Waals surface area contributed by atoms with E-state index in [-0.39, 0.29) is 4.91 Å². The summed E-state index contributed by atoms with van der Waals surface area (Å²) in [6.45, 7) is 0. The number of nitrogens with two attached hydrogens (primary N) is 2. The number of hydrogen-bond acceptors (Lipinski definition) is 3. The Morgan fingerprint density at radius 3 is 2.29 bits per heavy atom. The lowest BCUT2D eigenvalue weighted by Gasteiger charge is -2.28. The summed E-state index contributed by atoms with van der Waals surface area (Å²) < 4.78 is 22.3. The molecule has 17 heavy (non-hydrogen) atoms. The van der Waals surface area contributed by atoms with Crippen LogP contribution in [0, 0.1) is 0 Å². The van der Waals surface area contributed by atoms with Gasteiger partial charge in [0.2, 0.25) is 10.0 Å². The van der Waals surface area contributed by atoms with Gasteiger partial charge in [0, 0.05) is 0 Å². The first-order valence-electron chi connectivity index (χ1n) is 5.18. The summed E-state index contributed by atoms with van der Waals surface area (Å²) in [6, 6.07) is 9.54. The Hall–Kier alpha value is -1.43. The van der Waals surface area contributed by atoms with E-state index in [1.165, 1.54) is 6.08 Å². The molecule has 90 valence electrons. The molecular weight excluding hydrogens is 236 g/mol. The van der Waals surface area contributed by atoms with Crippen LogP contribution >= 0.6 is 0 Å². The van der Waals surface area contributed by atoms with Gasteiger partial charge in [-0.3, -0.25) is 0 Å². The van der Waals surface area contributed by atoms with Crippen molar-refractivity contribution < 1.29 is 8.42 Å². The molecule has 1 atom stereocenters. The second-order valence-corrected chi connectivity index (χ2v) is 5.66. The zero-order chi connectivity index (χ0) is 12.5. The van der Waals surface area contributed by atoms with Crippen LogP contribution in [0.5, 0.6) is 0 Å². The lowest BCUT2D eigenvalue weighted by molar-refractivity contribution is 0.562. The van der Waals surface area contributed by atoms with Gasteiger partial charge in [-0.25, -0.2) is 13.6 Å². The molecule has 0 bridgehead atoms. The topological polar surface area (TPSA) is 86.2 Å². The maximum atomic E-state index is 11.2. The molecule has 2 rings (SSSR count). The van der Waals surface area contributed by atoms with Crippen molar-refractivity contribution in [2.45, 2.75) is 12.0 Å². The van der Waals surface area contributed by atoms with E-state index in [4.69, 9.17) is 10.9 Å². The molecule has 0 radical (unpaired) electrons. The van der Waals surface area contributed by atoms with Crippen LogP contribution in [0.3, 0.4) is 0 Å². The van der Waals surface area contributed by atoms with Crippen LogP contribution in [0.15, 0.2) is 53.5 Å². The van der Waals surface area contributed by atoms with Crippen molar-refractivity contribution in [3.63, 3.8) is 0 Å². The van der Waals surface area contributed by atoms with Crippen molar-refractivity contribution in [1.29, 1.82) is 0 Å². The van der Waals surface area contributed by atoms with Crippen LogP contribution < -0.4 is 10.9 Å². The predicted octanol–water partition coefficient (Wildman–Crippen LogP) is 0.973. The molecule has 0 aliphatic heterocycles. The minimum Gasteiger partial charge on any atom is -0.318 e. The van der Waals surface area contributed by atoms with Gasteiger partial charge in [0.1, 0.15) is 0 Å². The third-order valence-electron chi connectivity index (χ3n) is 2.83. The molecule has 1 aromatic rings. The average molecular weight is 250 g/mol. The Labute approximate surface area is 101 Å². The van der Waals surface area contributed by atoms with Gasteiger partial charge in [-0.2, -0.15) is 0 Å². The molecule has 0 amide bonds. The van der Waals surface area contributed by atoms with Gasteiger partial charge in [-0.05, 0) is 18.1 Å². The highest BCUT2D eigenvalue weighted by molar-refractivity contribution is 7.93. The quantitative estimate of drug-likeness (QED) is 0.820. The Kier molecular flexibility index (Phi) is 2.91. The zero-order valence-corrected chi connectivity index (χ0v) is 10.0. The van der Waals surface area contributed by atoms with E-state index < -0.39 is 15.6 Å². The van der Waals surface area contributed by atoms with Crippen molar-refractivity contribution in [1.82, 2.24) is 0 Å². The van der Waals surface area contributed by atoms with Gasteiger partial charge in [0.25, 0.3) is 0 Å². The lowest BCUT2D eigenvalue weighted by Crippen LogP contribution is -2.35. The first kappa shape index (κ1) is 12.0. The summed E-state index contributed by atoms with van der Waals surface area (Å²) in [5, 5.41) is 5.05. The van der Waals surface area contributed by atoms with Gasteiger partial charge >= 0.3 is 0 Å². The Morgan fingerprint density at radius 1 is 1.18 bits per heavy atom. The smallest absolute Gasteiger partial charge is 0.237 e. The second kappa shape index (κ2) is 4.10. The fraction of sp³-hybridized carbons (Fsp3) is 0.167. The third-order valence-corrected chi connectivity index (χ3v) is 3.79. The molecule has 0 spiro atoms. The van der Waals surface area contributed by atoms with E-state index in [2.05, 4.69) is 0 Å². The largest absolute Gasteiger partial charge is 0.318 e. The van der Waals surface area contributed by atoms with Crippen molar-refractivity contribution in [2.24, 2.45) is 10.9 Å². The van der Waals surface area contributed by atoms with Crippen LogP contribution in [0.1, 0.15) is 12.0 Å². The fourth-order valence-corrected chi connectivity index (χ4v) is 2.38. The molecule has 0 aromatic heterocycles. The van der Waals surface area contributed by atoms with Crippen LogP contribution in [-0.2, 0) is 15.6 Å². The normalized spacial score (nSPS) is 24.5. The average Bonchev–Trinajstić information content (AvgIpc) is 2.29.